The summed E-state index contributed by atoms with van der Waals surface area (Å²) in [6.07, 6.45) is 3.86. The van der Waals surface area contributed by atoms with Gasteiger partial charge in [-0.1, -0.05) is 35.8 Å². The minimum Gasteiger partial charge on any atom is -0.497 e. The molecule has 1 saturated carbocycles. The van der Waals surface area contributed by atoms with Gasteiger partial charge >= 0.3 is 0 Å². The van der Waals surface area contributed by atoms with E-state index in [1.54, 1.807) is 12.7 Å². The first-order valence-corrected chi connectivity index (χ1v) is 7.93. The smallest absolute Gasteiger partial charge is 0.119 e. The molecule has 0 amide bonds. The number of ether oxygens (including phenoxy) is 1. The molecule has 0 aromatic heterocycles. The summed E-state index contributed by atoms with van der Waals surface area (Å²) in [7, 11) is 1.75. The number of rotatable bonds is 2. The predicted octanol–water partition coefficient (Wildman–Crippen LogP) is 4.32. The number of hydrogen-bond donors (Lipinski definition) is 0. The first kappa shape index (κ1) is 12.5. The van der Waals surface area contributed by atoms with Crippen molar-refractivity contribution >= 4 is 15.9 Å². The average Bonchev–Trinajstić information content (AvgIpc) is 2.84. The zero-order chi connectivity index (χ0) is 13.0. The van der Waals surface area contributed by atoms with Gasteiger partial charge in [0.25, 0.3) is 0 Å². The van der Waals surface area contributed by atoms with E-state index in [9.17, 15) is 0 Å². The molecule has 2 aliphatic carbocycles. The number of aryl methyl sites for hydroxylation is 1. The summed E-state index contributed by atoms with van der Waals surface area (Å²) >= 11 is 3.72. The van der Waals surface area contributed by atoms with E-state index < -0.39 is 0 Å². The fourth-order valence-corrected chi connectivity index (χ4v) is 5.72. The van der Waals surface area contributed by atoms with E-state index in [1.807, 2.05) is 0 Å². The van der Waals surface area contributed by atoms with Crippen LogP contribution in [0, 0.1) is 11.3 Å². The Morgan fingerprint density at radius 2 is 2.17 bits per heavy atom. The Morgan fingerprint density at radius 3 is 2.78 bits per heavy atom. The van der Waals surface area contributed by atoms with Crippen LogP contribution >= 0.6 is 15.9 Å². The molecule has 1 aromatic carbocycles. The summed E-state index contributed by atoms with van der Waals surface area (Å²) in [5.41, 5.74) is 3.94. The first-order chi connectivity index (χ1) is 8.57. The zero-order valence-corrected chi connectivity index (χ0v) is 13.0. The molecule has 2 atom stereocenters. The maximum absolute atomic E-state index is 5.36. The standard InChI is InChI=1S/C16H21BrO/c1-15(2)14(10-17)16(15)8-4-5-11-9-12(18-3)6-7-13(11)16/h6-7,9,14H,4-5,8,10H2,1-3H3. The monoisotopic (exact) mass is 308 g/mol. The highest BCUT2D eigenvalue weighted by molar-refractivity contribution is 9.09. The summed E-state index contributed by atoms with van der Waals surface area (Å²) < 4.78 is 5.36. The molecule has 2 aliphatic rings. The number of hydrogen-bond acceptors (Lipinski definition) is 1. The molecule has 1 aromatic rings. The molecule has 18 heavy (non-hydrogen) atoms. The Kier molecular flexibility index (Phi) is 2.78. The Labute approximate surface area is 118 Å². The van der Waals surface area contributed by atoms with E-state index in [0.717, 1.165) is 17.0 Å². The van der Waals surface area contributed by atoms with E-state index in [4.69, 9.17) is 4.74 Å². The van der Waals surface area contributed by atoms with Crippen molar-refractivity contribution in [1.29, 1.82) is 0 Å². The Balaban J connectivity index is 2.09. The summed E-state index contributed by atoms with van der Waals surface area (Å²) in [6, 6.07) is 6.69. The molecule has 2 heteroatoms. The normalized spacial score (nSPS) is 32.1. The molecule has 0 bridgehead atoms. The van der Waals surface area contributed by atoms with Crippen molar-refractivity contribution in [1.82, 2.24) is 0 Å². The maximum Gasteiger partial charge on any atom is 0.119 e. The van der Waals surface area contributed by atoms with E-state index >= 15 is 0 Å². The summed E-state index contributed by atoms with van der Waals surface area (Å²) in [4.78, 5) is 0. The van der Waals surface area contributed by atoms with Crippen LogP contribution in [-0.2, 0) is 11.8 Å². The fourth-order valence-electron chi connectivity index (χ4n) is 4.35. The van der Waals surface area contributed by atoms with Gasteiger partial charge in [0, 0.05) is 10.7 Å². The van der Waals surface area contributed by atoms with Crippen LogP contribution in [0.25, 0.3) is 0 Å². The van der Waals surface area contributed by atoms with Crippen LogP contribution in [0.15, 0.2) is 18.2 Å². The number of methoxy groups -OCH3 is 1. The van der Waals surface area contributed by atoms with E-state index in [0.29, 0.717) is 10.8 Å². The summed E-state index contributed by atoms with van der Waals surface area (Å²) in [6.45, 7) is 4.86. The number of benzene rings is 1. The van der Waals surface area contributed by atoms with Crippen molar-refractivity contribution in [3.05, 3.63) is 29.3 Å². The Morgan fingerprint density at radius 1 is 1.39 bits per heavy atom. The summed E-state index contributed by atoms with van der Waals surface area (Å²) in [5.74, 6) is 1.78. The Hall–Kier alpha value is -0.500. The van der Waals surface area contributed by atoms with Crippen LogP contribution in [0.1, 0.15) is 37.8 Å². The van der Waals surface area contributed by atoms with E-state index in [1.165, 1.54) is 24.8 Å². The van der Waals surface area contributed by atoms with Gasteiger partial charge in [-0.15, -0.1) is 0 Å². The quantitative estimate of drug-likeness (QED) is 0.739. The van der Waals surface area contributed by atoms with Gasteiger partial charge in [-0.25, -0.2) is 0 Å². The van der Waals surface area contributed by atoms with Crippen LogP contribution in [0.4, 0.5) is 0 Å². The van der Waals surface area contributed by atoms with Crippen LogP contribution in [0.5, 0.6) is 5.75 Å². The predicted molar refractivity (Wildman–Crippen MR) is 78.7 cm³/mol. The lowest BCUT2D eigenvalue weighted by molar-refractivity contribution is 0.407. The minimum atomic E-state index is 0.413. The molecule has 0 radical (unpaired) electrons. The third kappa shape index (κ3) is 1.39. The largest absolute Gasteiger partial charge is 0.497 e. The lowest BCUT2D eigenvalue weighted by atomic mass is 9.75. The van der Waals surface area contributed by atoms with Gasteiger partial charge in [-0.05, 0) is 53.9 Å². The molecule has 1 spiro atoms. The van der Waals surface area contributed by atoms with E-state index in [2.05, 4.69) is 48.0 Å². The SMILES string of the molecule is COc1ccc2c(c1)CCCC21C(CBr)C1(C)C. The molecular formula is C16H21BrO. The van der Waals surface area contributed by atoms with Crippen LogP contribution in [0.2, 0.25) is 0 Å². The van der Waals surface area contributed by atoms with Gasteiger partial charge in [0.2, 0.25) is 0 Å². The van der Waals surface area contributed by atoms with Gasteiger partial charge in [-0.2, -0.15) is 0 Å². The first-order valence-electron chi connectivity index (χ1n) is 6.81. The third-order valence-corrected chi connectivity index (χ3v) is 6.14. The van der Waals surface area contributed by atoms with Gasteiger partial charge < -0.3 is 4.74 Å². The molecule has 0 aliphatic heterocycles. The second kappa shape index (κ2) is 4.00. The third-order valence-electron chi connectivity index (χ3n) is 5.50. The zero-order valence-electron chi connectivity index (χ0n) is 11.4. The number of alkyl halides is 1. The van der Waals surface area contributed by atoms with Crippen LogP contribution < -0.4 is 4.74 Å². The van der Waals surface area contributed by atoms with Gasteiger partial charge in [0.05, 0.1) is 7.11 Å². The number of fused-ring (bicyclic) bond motifs is 2. The molecule has 98 valence electrons. The second-order valence-corrected chi connectivity index (χ2v) is 6.92. The molecule has 1 nitrogen and oxygen atoms in total. The molecule has 0 N–H and O–H groups in total. The van der Waals surface area contributed by atoms with Gasteiger partial charge in [0.15, 0.2) is 0 Å². The molecular weight excluding hydrogens is 288 g/mol. The lowest BCUT2D eigenvalue weighted by Gasteiger charge is -2.29. The molecule has 0 heterocycles. The van der Waals surface area contributed by atoms with Crippen molar-refractivity contribution < 1.29 is 4.74 Å². The lowest BCUT2D eigenvalue weighted by Crippen LogP contribution is -2.22. The fraction of sp³-hybridized carbons (Fsp3) is 0.625. The average molecular weight is 309 g/mol. The maximum atomic E-state index is 5.36. The van der Waals surface area contributed by atoms with Crippen LogP contribution in [0.3, 0.4) is 0 Å². The topological polar surface area (TPSA) is 9.23 Å². The Bertz CT molecular complexity index is 480. The minimum absolute atomic E-state index is 0.413. The van der Waals surface area contributed by atoms with Gasteiger partial charge in [0.1, 0.15) is 5.75 Å². The van der Waals surface area contributed by atoms with Crippen molar-refractivity contribution in [2.75, 3.05) is 12.4 Å². The highest BCUT2D eigenvalue weighted by Crippen LogP contribution is 2.73. The van der Waals surface area contributed by atoms with Crippen molar-refractivity contribution in [3.8, 4) is 5.75 Å². The van der Waals surface area contributed by atoms with Crippen molar-refractivity contribution in [2.45, 2.75) is 38.5 Å². The van der Waals surface area contributed by atoms with Crippen molar-refractivity contribution in [2.24, 2.45) is 11.3 Å². The van der Waals surface area contributed by atoms with Crippen LogP contribution in [-0.4, -0.2) is 12.4 Å². The summed E-state index contributed by atoms with van der Waals surface area (Å²) in [5, 5.41) is 1.12. The molecule has 3 rings (SSSR count). The van der Waals surface area contributed by atoms with Gasteiger partial charge in [-0.3, -0.25) is 0 Å². The highest BCUT2D eigenvalue weighted by Gasteiger charge is 2.70. The molecule has 1 fully saturated rings. The second-order valence-electron chi connectivity index (χ2n) is 6.28. The molecule has 0 saturated heterocycles. The van der Waals surface area contributed by atoms with Crippen molar-refractivity contribution in [3.63, 3.8) is 0 Å². The number of halogens is 1. The highest BCUT2D eigenvalue weighted by atomic mass is 79.9. The van der Waals surface area contributed by atoms with E-state index in [-0.39, 0.29) is 0 Å². The molecule has 2 unspecified atom stereocenters.